The molecule has 0 radical (unpaired) electrons. The van der Waals surface area contributed by atoms with Gasteiger partial charge in [0.1, 0.15) is 0 Å². The van der Waals surface area contributed by atoms with Gasteiger partial charge in [0.2, 0.25) is 0 Å². The Balaban J connectivity index is 2.63. The molecule has 0 aromatic rings. The normalized spacial score (nSPS) is 18.4. The largest absolute Gasteiger partial charge is 0.463 e. The minimum absolute atomic E-state index is 0.193. The van der Waals surface area contributed by atoms with Crippen molar-refractivity contribution in [2.75, 3.05) is 6.67 Å². The summed E-state index contributed by atoms with van der Waals surface area (Å²) in [5.74, 6) is 0. The zero-order valence-corrected chi connectivity index (χ0v) is 8.66. The SMILES string of the molecule is O=C(O)N(OC(F)(F)CF)C1CCCCC1. The second-order valence-corrected chi connectivity index (χ2v) is 3.76. The lowest BCUT2D eigenvalue weighted by molar-refractivity contribution is -0.353. The predicted molar refractivity (Wildman–Crippen MR) is 48.7 cm³/mol. The van der Waals surface area contributed by atoms with Gasteiger partial charge in [0.05, 0.1) is 6.04 Å². The van der Waals surface area contributed by atoms with E-state index in [9.17, 15) is 18.0 Å². The van der Waals surface area contributed by atoms with Crippen LogP contribution in [0.25, 0.3) is 0 Å². The number of hydrogen-bond donors (Lipinski definition) is 1. The molecule has 4 nitrogen and oxygen atoms in total. The molecule has 0 atom stereocenters. The number of carboxylic acid groups (broad SMARTS) is 1. The van der Waals surface area contributed by atoms with Crippen molar-refractivity contribution in [3.8, 4) is 0 Å². The zero-order chi connectivity index (χ0) is 12.2. The van der Waals surface area contributed by atoms with Crippen LogP contribution in [0.15, 0.2) is 0 Å². The van der Waals surface area contributed by atoms with E-state index < -0.39 is 24.9 Å². The van der Waals surface area contributed by atoms with Crippen molar-refractivity contribution in [2.24, 2.45) is 0 Å². The summed E-state index contributed by atoms with van der Waals surface area (Å²) in [6, 6.07) is -0.608. The molecule has 1 amide bonds. The third-order valence-corrected chi connectivity index (χ3v) is 2.48. The maximum atomic E-state index is 12.6. The molecule has 7 heteroatoms. The summed E-state index contributed by atoms with van der Waals surface area (Å²) in [4.78, 5) is 14.7. The van der Waals surface area contributed by atoms with Crippen LogP contribution >= 0.6 is 0 Å². The quantitative estimate of drug-likeness (QED) is 0.770. The maximum absolute atomic E-state index is 12.6. The van der Waals surface area contributed by atoms with Crippen LogP contribution in [0.2, 0.25) is 0 Å². The van der Waals surface area contributed by atoms with Gasteiger partial charge in [0, 0.05) is 0 Å². The van der Waals surface area contributed by atoms with E-state index in [0.29, 0.717) is 12.8 Å². The van der Waals surface area contributed by atoms with Gasteiger partial charge in [0.15, 0.2) is 6.67 Å². The van der Waals surface area contributed by atoms with Crippen LogP contribution in [-0.4, -0.2) is 35.1 Å². The average molecular weight is 241 g/mol. The number of nitrogens with zero attached hydrogens (tertiary/aromatic N) is 1. The first-order chi connectivity index (χ1) is 7.46. The van der Waals surface area contributed by atoms with Gasteiger partial charge >= 0.3 is 12.2 Å². The smallest absolute Gasteiger partial charge is 0.431 e. The van der Waals surface area contributed by atoms with Crippen LogP contribution in [0.5, 0.6) is 0 Å². The van der Waals surface area contributed by atoms with E-state index in [0.717, 1.165) is 19.3 Å². The van der Waals surface area contributed by atoms with E-state index in [1.807, 2.05) is 0 Å². The molecular weight excluding hydrogens is 227 g/mol. The third kappa shape index (κ3) is 3.55. The van der Waals surface area contributed by atoms with Gasteiger partial charge in [-0.25, -0.2) is 9.18 Å². The average Bonchev–Trinajstić information content (AvgIpc) is 2.27. The molecule has 0 bridgehead atoms. The molecule has 0 spiro atoms. The summed E-state index contributed by atoms with van der Waals surface area (Å²) in [5, 5.41) is 8.92. The molecule has 94 valence electrons. The highest BCUT2D eigenvalue weighted by Gasteiger charge is 2.39. The Hall–Kier alpha value is -0.980. The third-order valence-electron chi connectivity index (χ3n) is 2.48. The molecule has 0 aliphatic heterocycles. The summed E-state index contributed by atoms with van der Waals surface area (Å²) in [7, 11) is 0. The van der Waals surface area contributed by atoms with E-state index in [4.69, 9.17) is 5.11 Å². The standard InChI is InChI=1S/C9H14F3NO3/c10-6-9(11,12)16-13(8(14)15)7-4-2-1-3-5-7/h7H,1-6H2,(H,14,15). The number of hydrogen-bond acceptors (Lipinski definition) is 2. The van der Waals surface area contributed by atoms with Gasteiger partial charge in [-0.15, -0.1) is 0 Å². The van der Waals surface area contributed by atoms with E-state index in [1.165, 1.54) is 0 Å². The lowest BCUT2D eigenvalue weighted by Crippen LogP contribution is -2.45. The number of alkyl halides is 3. The summed E-state index contributed by atoms with van der Waals surface area (Å²) in [6.07, 6.45) is -2.28. The molecule has 0 aromatic heterocycles. The molecule has 0 unspecified atom stereocenters. The van der Waals surface area contributed by atoms with Gasteiger partial charge in [-0.2, -0.15) is 18.7 Å². The van der Waals surface area contributed by atoms with Gasteiger partial charge in [-0.3, -0.25) is 0 Å². The fraction of sp³-hybridized carbons (Fsp3) is 0.889. The van der Waals surface area contributed by atoms with Crippen LogP contribution in [0.1, 0.15) is 32.1 Å². The monoisotopic (exact) mass is 241 g/mol. The molecule has 1 rings (SSSR count). The molecule has 16 heavy (non-hydrogen) atoms. The summed E-state index contributed by atoms with van der Waals surface area (Å²) >= 11 is 0. The van der Waals surface area contributed by atoms with Gasteiger partial charge in [-0.05, 0) is 12.8 Å². The Morgan fingerprint density at radius 3 is 2.38 bits per heavy atom. The number of hydroxylamine groups is 2. The highest BCUT2D eigenvalue weighted by atomic mass is 19.3. The molecule has 1 aliphatic carbocycles. The summed E-state index contributed by atoms with van der Waals surface area (Å²) in [5.41, 5.74) is 0. The Kier molecular flexibility index (Phi) is 4.40. The lowest BCUT2D eigenvalue weighted by Gasteiger charge is -2.32. The van der Waals surface area contributed by atoms with Crippen LogP contribution in [0.4, 0.5) is 18.0 Å². The molecule has 0 aromatic carbocycles. The van der Waals surface area contributed by atoms with E-state index in [1.54, 1.807) is 0 Å². The zero-order valence-electron chi connectivity index (χ0n) is 8.66. The number of carbonyl (C=O) groups is 1. The van der Waals surface area contributed by atoms with Crippen LogP contribution in [0.3, 0.4) is 0 Å². The predicted octanol–water partition coefficient (Wildman–Crippen LogP) is 2.79. The van der Waals surface area contributed by atoms with E-state index in [-0.39, 0.29) is 5.06 Å². The second-order valence-electron chi connectivity index (χ2n) is 3.76. The Labute approximate surface area is 90.9 Å². The summed E-state index contributed by atoms with van der Waals surface area (Å²) < 4.78 is 37.1. The van der Waals surface area contributed by atoms with Crippen molar-refractivity contribution in [3.05, 3.63) is 0 Å². The first kappa shape index (κ1) is 13.1. The van der Waals surface area contributed by atoms with Gasteiger partial charge < -0.3 is 5.11 Å². The van der Waals surface area contributed by atoms with E-state index >= 15 is 0 Å². The molecule has 1 saturated carbocycles. The Morgan fingerprint density at radius 1 is 1.38 bits per heavy atom. The Bertz CT molecular complexity index is 244. The van der Waals surface area contributed by atoms with Crippen LogP contribution < -0.4 is 0 Å². The molecule has 0 saturated heterocycles. The van der Waals surface area contributed by atoms with Crippen LogP contribution in [0, 0.1) is 0 Å². The van der Waals surface area contributed by atoms with Crippen LogP contribution in [-0.2, 0) is 4.84 Å². The molecule has 0 heterocycles. The second kappa shape index (κ2) is 5.38. The highest BCUT2D eigenvalue weighted by Crippen LogP contribution is 2.27. The lowest BCUT2D eigenvalue weighted by atomic mass is 9.95. The Morgan fingerprint density at radius 2 is 1.94 bits per heavy atom. The van der Waals surface area contributed by atoms with Crippen molar-refractivity contribution in [3.63, 3.8) is 0 Å². The van der Waals surface area contributed by atoms with Crippen molar-refractivity contribution in [1.82, 2.24) is 5.06 Å². The van der Waals surface area contributed by atoms with Crippen molar-refractivity contribution >= 4 is 6.09 Å². The van der Waals surface area contributed by atoms with Gasteiger partial charge in [0.25, 0.3) is 0 Å². The van der Waals surface area contributed by atoms with Crippen molar-refractivity contribution < 1.29 is 27.9 Å². The first-order valence-electron chi connectivity index (χ1n) is 5.11. The molecule has 1 fully saturated rings. The first-order valence-corrected chi connectivity index (χ1v) is 5.11. The van der Waals surface area contributed by atoms with Crippen molar-refractivity contribution in [1.29, 1.82) is 0 Å². The number of rotatable bonds is 4. The topological polar surface area (TPSA) is 49.8 Å². The number of halogens is 3. The summed E-state index contributed by atoms with van der Waals surface area (Å²) in [6.45, 7) is -2.04. The molecule has 1 aliphatic rings. The maximum Gasteiger partial charge on any atom is 0.431 e. The number of amides is 1. The minimum atomic E-state index is -4.07. The van der Waals surface area contributed by atoms with Gasteiger partial charge in [-0.1, -0.05) is 19.3 Å². The fourth-order valence-electron chi connectivity index (χ4n) is 1.75. The minimum Gasteiger partial charge on any atom is -0.463 e. The fourth-order valence-corrected chi connectivity index (χ4v) is 1.75. The molecule has 1 N–H and O–H groups in total. The highest BCUT2D eigenvalue weighted by molar-refractivity contribution is 5.64. The van der Waals surface area contributed by atoms with Crippen molar-refractivity contribution in [2.45, 2.75) is 44.3 Å². The molecular formula is C9H14F3NO3. The van der Waals surface area contributed by atoms with E-state index in [2.05, 4.69) is 4.84 Å².